The van der Waals surface area contributed by atoms with Crippen molar-refractivity contribution in [3.05, 3.63) is 59.0 Å². The van der Waals surface area contributed by atoms with Gasteiger partial charge >= 0.3 is 6.03 Å². The normalized spacial score (nSPS) is 14.4. The summed E-state index contributed by atoms with van der Waals surface area (Å²) in [4.78, 5) is 11.7. The average Bonchev–Trinajstić information content (AvgIpc) is 3.56. The molecule has 0 spiro atoms. The molecule has 2 amide bonds. The van der Waals surface area contributed by atoms with E-state index >= 15 is 0 Å². The fourth-order valence-electron chi connectivity index (χ4n) is 4.24. The van der Waals surface area contributed by atoms with Crippen LogP contribution >= 0.6 is 11.3 Å². The van der Waals surface area contributed by atoms with E-state index in [1.807, 2.05) is 48.5 Å². The topological polar surface area (TPSA) is 102 Å². The molecule has 208 valence electrons. The van der Waals surface area contributed by atoms with E-state index in [0.29, 0.717) is 11.9 Å². The van der Waals surface area contributed by atoms with Crippen molar-refractivity contribution in [2.75, 3.05) is 12.5 Å². The number of nitrogens with two attached hydrogens (primary N) is 1. The second-order valence-electron chi connectivity index (χ2n) is 9.60. The number of fused-ring (bicyclic) bond motifs is 2. The maximum Gasteiger partial charge on any atom is 0.339 e. The molecule has 1 aliphatic heterocycles. The first kappa shape index (κ1) is 29.9. The van der Waals surface area contributed by atoms with Gasteiger partial charge in [-0.05, 0) is 55.0 Å². The molecule has 3 unspecified atom stereocenters. The van der Waals surface area contributed by atoms with Crippen molar-refractivity contribution in [2.45, 2.75) is 77.0 Å². The van der Waals surface area contributed by atoms with Crippen molar-refractivity contribution in [2.24, 2.45) is 5.73 Å². The monoisotopic (exact) mass is 560 g/mol. The number of carbonyl (C=O) groups excluding carboxylic acids is 1. The van der Waals surface area contributed by atoms with E-state index in [1.165, 1.54) is 37.7 Å². The quantitative estimate of drug-likeness (QED) is 0.139. The molecule has 1 aliphatic rings. The zero-order chi connectivity index (χ0) is 27.5. The minimum atomic E-state index is -0.843. The van der Waals surface area contributed by atoms with Crippen LogP contribution in [0.1, 0.15) is 75.8 Å². The molecule has 0 aliphatic carbocycles. The Balaban J connectivity index is 0.000000221. The lowest BCUT2D eigenvalue weighted by molar-refractivity contribution is -0.0700. The fourth-order valence-corrected chi connectivity index (χ4v) is 6.61. The van der Waals surface area contributed by atoms with Crippen LogP contribution in [0.5, 0.6) is 11.5 Å². The summed E-state index contributed by atoms with van der Waals surface area (Å²) in [5, 5.41) is 11.3. The van der Waals surface area contributed by atoms with E-state index in [4.69, 9.17) is 15.2 Å². The summed E-state index contributed by atoms with van der Waals surface area (Å²) in [5.74, 6) is 2.45. The Kier molecular flexibility index (Phi) is 11.9. The number of rotatable bonds is 12. The van der Waals surface area contributed by atoms with Crippen LogP contribution in [0.25, 0.3) is 10.1 Å². The van der Waals surface area contributed by atoms with Gasteiger partial charge in [0.1, 0.15) is 0 Å². The third kappa shape index (κ3) is 8.71. The van der Waals surface area contributed by atoms with Crippen molar-refractivity contribution < 1.29 is 23.7 Å². The van der Waals surface area contributed by atoms with Crippen LogP contribution in [0.4, 0.5) is 4.79 Å². The van der Waals surface area contributed by atoms with Crippen molar-refractivity contribution in [1.82, 2.24) is 5.06 Å². The van der Waals surface area contributed by atoms with Crippen LogP contribution in [0.2, 0.25) is 0 Å². The fraction of sp³-hybridized carbons (Fsp3) is 0.483. The highest BCUT2D eigenvalue weighted by molar-refractivity contribution is 7.85. The molecule has 3 N–H and O–H groups in total. The van der Waals surface area contributed by atoms with E-state index in [1.54, 1.807) is 18.3 Å². The molecular formula is C29H40N2O5S2. The number of urea groups is 1. The summed E-state index contributed by atoms with van der Waals surface area (Å²) >= 11 is 1.54. The van der Waals surface area contributed by atoms with Gasteiger partial charge in [-0.15, -0.1) is 11.3 Å². The molecule has 3 atom stereocenters. The number of amides is 2. The third-order valence-corrected chi connectivity index (χ3v) is 9.60. The molecule has 7 nitrogen and oxygen atoms in total. The first-order valence-corrected chi connectivity index (χ1v) is 15.5. The van der Waals surface area contributed by atoms with Crippen molar-refractivity contribution in [1.29, 1.82) is 0 Å². The number of benzene rings is 2. The molecule has 38 heavy (non-hydrogen) atoms. The molecule has 0 radical (unpaired) electrons. The van der Waals surface area contributed by atoms with Gasteiger partial charge in [-0.3, -0.25) is 9.42 Å². The van der Waals surface area contributed by atoms with Gasteiger partial charge in [0.05, 0.1) is 6.04 Å². The number of thiophene rings is 1. The second-order valence-corrected chi connectivity index (χ2v) is 12.7. The molecule has 2 heterocycles. The molecule has 0 saturated heterocycles. The Morgan fingerprint density at radius 2 is 1.76 bits per heavy atom. The lowest BCUT2D eigenvalue weighted by Gasteiger charge is -2.18. The lowest BCUT2D eigenvalue weighted by atomic mass is 10.1. The van der Waals surface area contributed by atoms with Gasteiger partial charge < -0.3 is 15.2 Å². The summed E-state index contributed by atoms with van der Waals surface area (Å²) in [5.41, 5.74) is 6.18. The minimum absolute atomic E-state index is 0.191. The number of nitrogens with zero attached hydrogens (tertiary/aromatic N) is 1. The Bertz CT molecular complexity index is 1170. The van der Waals surface area contributed by atoms with Gasteiger partial charge in [0.2, 0.25) is 6.79 Å². The highest BCUT2D eigenvalue weighted by Gasteiger charge is 2.19. The number of unbranched alkanes of at least 4 members (excludes halogenated alkanes) is 5. The van der Waals surface area contributed by atoms with Crippen LogP contribution in [0.15, 0.2) is 48.5 Å². The van der Waals surface area contributed by atoms with Crippen LogP contribution in [-0.4, -0.2) is 38.3 Å². The van der Waals surface area contributed by atoms with Gasteiger partial charge in [0.15, 0.2) is 11.5 Å². The van der Waals surface area contributed by atoms with E-state index in [-0.39, 0.29) is 5.25 Å². The molecule has 0 fully saturated rings. The number of carbonyl (C=O) groups is 1. The van der Waals surface area contributed by atoms with Crippen LogP contribution in [-0.2, 0) is 17.2 Å². The number of hydrogen-bond acceptors (Lipinski definition) is 6. The lowest BCUT2D eigenvalue weighted by Crippen LogP contribution is -2.34. The third-order valence-electron chi connectivity index (χ3n) is 6.56. The zero-order valence-electron chi connectivity index (χ0n) is 22.6. The summed E-state index contributed by atoms with van der Waals surface area (Å²) < 4.78 is 24.2. The Labute approximate surface area is 232 Å². The Hall–Kier alpha value is -2.62. The summed E-state index contributed by atoms with van der Waals surface area (Å²) in [6.45, 7) is 6.35. The molecule has 0 bridgehead atoms. The van der Waals surface area contributed by atoms with Crippen LogP contribution < -0.4 is 15.2 Å². The molecule has 2 aromatic carbocycles. The summed E-state index contributed by atoms with van der Waals surface area (Å²) in [7, 11) is -0.743. The maximum atomic E-state index is 12.3. The van der Waals surface area contributed by atoms with Gasteiger partial charge in [-0.2, -0.15) is 5.06 Å². The molecule has 1 aromatic heterocycles. The zero-order valence-corrected chi connectivity index (χ0v) is 24.2. The number of ether oxygens (including phenoxy) is 2. The molecule has 3 aromatic rings. The smallest absolute Gasteiger partial charge is 0.339 e. The van der Waals surface area contributed by atoms with E-state index in [0.717, 1.165) is 45.1 Å². The highest BCUT2D eigenvalue weighted by atomic mass is 32.2. The maximum absolute atomic E-state index is 12.3. The van der Waals surface area contributed by atoms with E-state index in [9.17, 15) is 14.2 Å². The van der Waals surface area contributed by atoms with Crippen molar-refractivity contribution >= 4 is 38.3 Å². The Morgan fingerprint density at radius 3 is 2.50 bits per heavy atom. The van der Waals surface area contributed by atoms with Gasteiger partial charge in [-0.25, -0.2) is 4.79 Å². The predicted octanol–water partition coefficient (Wildman–Crippen LogP) is 7.19. The number of hydrogen-bond donors (Lipinski definition) is 2. The van der Waals surface area contributed by atoms with E-state index in [2.05, 4.69) is 13.8 Å². The van der Waals surface area contributed by atoms with Gasteiger partial charge in [0, 0.05) is 31.4 Å². The summed E-state index contributed by atoms with van der Waals surface area (Å²) in [6, 6.07) is 14.6. The number of primary amides is 1. The first-order valence-electron chi connectivity index (χ1n) is 13.3. The second kappa shape index (κ2) is 15.1. The number of hydroxylamine groups is 2. The Morgan fingerprint density at radius 1 is 1.05 bits per heavy atom. The largest absolute Gasteiger partial charge is 0.454 e. The standard InChI is InChI=1S/C18H28O3S.C11H12N2O2S/c1-3-4-5-6-7-8-11-22(19)15(2)12-16-9-10-17-18(13-16)21-14-20-17;1-7(13(15)11(12)14)10-6-8-4-2-3-5-9(8)16-10/h9-10,13,15H,3-8,11-12,14H2,1-2H3;2-7,15H,1H3,(H2,12,14). The predicted molar refractivity (Wildman–Crippen MR) is 156 cm³/mol. The highest BCUT2D eigenvalue weighted by Crippen LogP contribution is 2.33. The average molecular weight is 561 g/mol. The first-order chi connectivity index (χ1) is 18.3. The van der Waals surface area contributed by atoms with Crippen molar-refractivity contribution in [3.63, 3.8) is 0 Å². The summed E-state index contributed by atoms with van der Waals surface area (Å²) in [6.07, 6.45) is 8.32. The molecule has 4 rings (SSSR count). The minimum Gasteiger partial charge on any atom is -0.454 e. The molecule has 0 saturated carbocycles. The van der Waals surface area contributed by atoms with E-state index < -0.39 is 22.9 Å². The van der Waals surface area contributed by atoms with Gasteiger partial charge in [-0.1, -0.05) is 70.2 Å². The van der Waals surface area contributed by atoms with Crippen molar-refractivity contribution in [3.8, 4) is 11.5 Å². The van der Waals surface area contributed by atoms with Gasteiger partial charge in [0.25, 0.3) is 0 Å². The van der Waals surface area contributed by atoms with Crippen LogP contribution in [0, 0.1) is 0 Å². The molecule has 9 heteroatoms. The SMILES string of the molecule is CC(c1cc2ccccc2s1)N(O)C(N)=O.CCCCCCCCS(=O)C(C)Cc1ccc2c(c1)OCO2. The molecular weight excluding hydrogens is 520 g/mol. The van der Waals surface area contributed by atoms with Crippen LogP contribution in [0.3, 0.4) is 0 Å².